The third kappa shape index (κ3) is 3.95. The molecule has 2 heterocycles. The molecule has 1 aliphatic heterocycles. The molecule has 114 valence electrons. The molecule has 1 amide bonds. The zero-order valence-electron chi connectivity index (χ0n) is 12.5. The van der Waals surface area contributed by atoms with Gasteiger partial charge in [0.05, 0.1) is 4.88 Å². The van der Waals surface area contributed by atoms with Crippen molar-refractivity contribution in [3.63, 3.8) is 0 Å². The Morgan fingerprint density at radius 2 is 2.19 bits per heavy atom. The fourth-order valence-corrected chi connectivity index (χ4v) is 3.99. The van der Waals surface area contributed by atoms with Gasteiger partial charge in [0.25, 0.3) is 5.91 Å². The molecule has 1 aromatic rings. The molecule has 2 aliphatic rings. The average Bonchev–Trinajstić information content (AvgIpc) is 2.95. The molecule has 0 aromatic carbocycles. The number of carbonyl (C=O) groups is 1. The molecule has 1 aliphatic carbocycles. The number of thiophene rings is 1. The van der Waals surface area contributed by atoms with Crippen LogP contribution in [-0.2, 0) is 0 Å². The summed E-state index contributed by atoms with van der Waals surface area (Å²) in [6.45, 7) is 5.13. The van der Waals surface area contributed by atoms with Gasteiger partial charge in [0.15, 0.2) is 0 Å². The number of hydrogen-bond donors (Lipinski definition) is 0. The van der Waals surface area contributed by atoms with Gasteiger partial charge in [-0.15, -0.1) is 11.3 Å². The van der Waals surface area contributed by atoms with Crippen LogP contribution in [-0.4, -0.2) is 48.4 Å². The summed E-state index contributed by atoms with van der Waals surface area (Å²) in [5.41, 5.74) is 0. The van der Waals surface area contributed by atoms with Gasteiger partial charge in [-0.3, -0.25) is 4.79 Å². The molecule has 0 spiro atoms. The van der Waals surface area contributed by atoms with Gasteiger partial charge in [0.2, 0.25) is 0 Å². The Bertz CT molecular complexity index is 483. The van der Waals surface area contributed by atoms with E-state index >= 15 is 0 Å². The van der Waals surface area contributed by atoms with E-state index in [0.29, 0.717) is 0 Å². The van der Waals surface area contributed by atoms with Gasteiger partial charge >= 0.3 is 0 Å². The molecule has 4 heteroatoms. The first-order valence-electron chi connectivity index (χ1n) is 8.03. The Morgan fingerprint density at radius 3 is 2.95 bits per heavy atom. The van der Waals surface area contributed by atoms with E-state index in [0.717, 1.165) is 43.4 Å². The zero-order chi connectivity index (χ0) is 14.5. The minimum Gasteiger partial charge on any atom is -0.337 e. The first-order chi connectivity index (χ1) is 10.3. The van der Waals surface area contributed by atoms with E-state index in [1.807, 2.05) is 22.4 Å². The van der Waals surface area contributed by atoms with Gasteiger partial charge in [-0.2, -0.15) is 0 Å². The summed E-state index contributed by atoms with van der Waals surface area (Å²) in [5.74, 6) is 1.03. The second-order valence-corrected chi connectivity index (χ2v) is 7.02. The van der Waals surface area contributed by atoms with Crippen molar-refractivity contribution in [3.05, 3.63) is 34.5 Å². The molecule has 0 unspecified atom stereocenters. The smallest absolute Gasteiger partial charge is 0.263 e. The Labute approximate surface area is 131 Å². The maximum atomic E-state index is 12.4. The van der Waals surface area contributed by atoms with E-state index in [4.69, 9.17) is 0 Å². The lowest BCUT2D eigenvalue weighted by Gasteiger charge is -2.27. The molecule has 0 bridgehead atoms. The van der Waals surface area contributed by atoms with Crippen LogP contribution in [0.2, 0.25) is 0 Å². The van der Waals surface area contributed by atoms with Crippen molar-refractivity contribution in [2.75, 3.05) is 32.7 Å². The molecule has 3 rings (SSSR count). The predicted molar refractivity (Wildman–Crippen MR) is 87.8 cm³/mol. The molecule has 1 fully saturated rings. The number of hydrogen-bond acceptors (Lipinski definition) is 3. The molecule has 0 N–H and O–H groups in total. The van der Waals surface area contributed by atoms with E-state index in [1.165, 1.54) is 25.8 Å². The fraction of sp³-hybridized carbons (Fsp3) is 0.588. The van der Waals surface area contributed by atoms with Crippen LogP contribution in [0, 0.1) is 5.92 Å². The highest BCUT2D eigenvalue weighted by atomic mass is 32.1. The summed E-state index contributed by atoms with van der Waals surface area (Å²) in [6, 6.07) is 3.89. The van der Waals surface area contributed by atoms with E-state index in [-0.39, 0.29) is 5.91 Å². The van der Waals surface area contributed by atoms with Crippen molar-refractivity contribution in [1.82, 2.24) is 9.80 Å². The van der Waals surface area contributed by atoms with Crippen LogP contribution in [0.1, 0.15) is 35.4 Å². The van der Waals surface area contributed by atoms with Crippen molar-refractivity contribution in [1.29, 1.82) is 0 Å². The first kappa shape index (κ1) is 14.8. The molecular weight excluding hydrogens is 280 g/mol. The van der Waals surface area contributed by atoms with Gasteiger partial charge in [-0.05, 0) is 49.6 Å². The molecular formula is C17H24N2OS. The normalized spacial score (nSPS) is 24.0. The monoisotopic (exact) mass is 304 g/mol. The largest absolute Gasteiger partial charge is 0.337 e. The third-order valence-electron chi connectivity index (χ3n) is 4.50. The number of allylic oxidation sites excluding steroid dienone is 2. The van der Waals surface area contributed by atoms with Gasteiger partial charge in [-0.1, -0.05) is 18.2 Å². The number of amides is 1. The lowest BCUT2D eigenvalue weighted by Crippen LogP contribution is -2.36. The third-order valence-corrected chi connectivity index (χ3v) is 5.36. The average molecular weight is 304 g/mol. The first-order valence-corrected chi connectivity index (χ1v) is 8.91. The SMILES string of the molecule is O=C(c1cccs1)N1CCCN(C[C@H]2CC=CCC2)CC1. The van der Waals surface area contributed by atoms with E-state index in [2.05, 4.69) is 17.1 Å². The highest BCUT2D eigenvalue weighted by Gasteiger charge is 2.22. The van der Waals surface area contributed by atoms with Crippen LogP contribution in [0.4, 0.5) is 0 Å². The number of carbonyl (C=O) groups excluding carboxylic acids is 1. The summed E-state index contributed by atoms with van der Waals surface area (Å²) in [6.07, 6.45) is 9.53. The molecule has 3 nitrogen and oxygen atoms in total. The summed E-state index contributed by atoms with van der Waals surface area (Å²) >= 11 is 1.55. The van der Waals surface area contributed by atoms with Gasteiger partial charge in [0, 0.05) is 26.2 Å². The maximum absolute atomic E-state index is 12.4. The Kier molecular flexibility index (Phi) is 5.09. The van der Waals surface area contributed by atoms with Crippen LogP contribution in [0.25, 0.3) is 0 Å². The number of rotatable bonds is 3. The maximum Gasteiger partial charge on any atom is 0.263 e. The van der Waals surface area contributed by atoms with Crippen LogP contribution in [0.15, 0.2) is 29.7 Å². The number of nitrogens with zero attached hydrogens (tertiary/aromatic N) is 2. The second-order valence-electron chi connectivity index (χ2n) is 6.07. The minimum absolute atomic E-state index is 0.215. The lowest BCUT2D eigenvalue weighted by atomic mass is 9.94. The van der Waals surface area contributed by atoms with Crippen LogP contribution in [0.3, 0.4) is 0 Å². The predicted octanol–water partition coefficient (Wildman–Crippen LogP) is 3.25. The van der Waals surface area contributed by atoms with Crippen molar-refractivity contribution >= 4 is 17.2 Å². The van der Waals surface area contributed by atoms with Crippen molar-refractivity contribution in [3.8, 4) is 0 Å². The van der Waals surface area contributed by atoms with Crippen LogP contribution >= 0.6 is 11.3 Å². The summed E-state index contributed by atoms with van der Waals surface area (Å²) in [5, 5.41) is 1.98. The molecule has 1 saturated heterocycles. The van der Waals surface area contributed by atoms with Gasteiger partial charge in [-0.25, -0.2) is 0 Å². The van der Waals surface area contributed by atoms with Gasteiger partial charge < -0.3 is 9.80 Å². The van der Waals surface area contributed by atoms with Crippen molar-refractivity contribution in [2.45, 2.75) is 25.7 Å². The van der Waals surface area contributed by atoms with Crippen LogP contribution in [0.5, 0.6) is 0 Å². The van der Waals surface area contributed by atoms with Gasteiger partial charge in [0.1, 0.15) is 0 Å². The van der Waals surface area contributed by atoms with E-state index in [9.17, 15) is 4.79 Å². The van der Waals surface area contributed by atoms with E-state index < -0.39 is 0 Å². The minimum atomic E-state index is 0.215. The quantitative estimate of drug-likeness (QED) is 0.800. The zero-order valence-corrected chi connectivity index (χ0v) is 13.4. The Hall–Kier alpha value is -1.13. The molecule has 1 aromatic heterocycles. The molecule has 0 radical (unpaired) electrons. The second kappa shape index (κ2) is 7.23. The highest BCUT2D eigenvalue weighted by Crippen LogP contribution is 2.20. The molecule has 21 heavy (non-hydrogen) atoms. The molecule has 1 atom stereocenters. The van der Waals surface area contributed by atoms with Crippen molar-refractivity contribution in [2.24, 2.45) is 5.92 Å². The molecule has 0 saturated carbocycles. The summed E-state index contributed by atoms with van der Waals surface area (Å²) in [7, 11) is 0. The standard InChI is InChI=1S/C17H24N2OS/c20-17(16-8-4-13-21-16)19-10-5-9-18(11-12-19)14-15-6-2-1-3-7-15/h1-2,4,8,13,15H,3,5-7,9-12,14H2/t15-/m0/s1. The lowest BCUT2D eigenvalue weighted by molar-refractivity contribution is 0.0765. The van der Waals surface area contributed by atoms with Crippen LogP contribution < -0.4 is 0 Å². The topological polar surface area (TPSA) is 23.6 Å². The fourth-order valence-electron chi connectivity index (χ4n) is 3.30. The van der Waals surface area contributed by atoms with E-state index in [1.54, 1.807) is 11.3 Å². The Morgan fingerprint density at radius 1 is 1.24 bits per heavy atom. The highest BCUT2D eigenvalue weighted by molar-refractivity contribution is 7.12. The summed E-state index contributed by atoms with van der Waals surface area (Å²) < 4.78 is 0. The van der Waals surface area contributed by atoms with Crippen molar-refractivity contribution < 1.29 is 4.79 Å². The Balaban J connectivity index is 1.52. The summed E-state index contributed by atoms with van der Waals surface area (Å²) in [4.78, 5) is 17.9.